The van der Waals surface area contributed by atoms with Crippen molar-refractivity contribution in [3.8, 4) is 0 Å². The van der Waals surface area contributed by atoms with Gasteiger partial charge in [-0.1, -0.05) is 12.1 Å². The third kappa shape index (κ3) is 3.92. The molecule has 0 spiro atoms. The molecule has 1 heterocycles. The van der Waals surface area contributed by atoms with Gasteiger partial charge in [0.25, 0.3) is 0 Å². The van der Waals surface area contributed by atoms with E-state index in [0.29, 0.717) is 10.8 Å². The summed E-state index contributed by atoms with van der Waals surface area (Å²) < 4.78 is 0. The van der Waals surface area contributed by atoms with Crippen molar-refractivity contribution in [2.45, 2.75) is 19.8 Å². The third-order valence-corrected chi connectivity index (χ3v) is 3.36. The molecule has 0 fully saturated rings. The second-order valence-corrected chi connectivity index (χ2v) is 5.30. The van der Waals surface area contributed by atoms with Crippen LogP contribution < -0.4 is 5.73 Å². The number of oxime groups is 1. The van der Waals surface area contributed by atoms with Crippen molar-refractivity contribution < 1.29 is 24.6 Å². The minimum atomic E-state index is -1.33. The number of rotatable bonds is 7. The highest BCUT2D eigenvalue weighted by molar-refractivity contribution is 7.13. The van der Waals surface area contributed by atoms with E-state index in [1.54, 1.807) is 5.38 Å². The van der Waals surface area contributed by atoms with E-state index < -0.39 is 23.8 Å². The van der Waals surface area contributed by atoms with E-state index in [9.17, 15) is 14.7 Å². The summed E-state index contributed by atoms with van der Waals surface area (Å²) in [6.45, 7) is 1.49. The van der Waals surface area contributed by atoms with Crippen LogP contribution in [0, 0.1) is 5.41 Å². The van der Waals surface area contributed by atoms with E-state index in [2.05, 4.69) is 15.0 Å². The number of nitrogen functional groups attached to an aromatic ring is 1. The average molecular weight is 301 g/mol. The lowest BCUT2D eigenvalue weighted by Crippen LogP contribution is -2.38. The van der Waals surface area contributed by atoms with Crippen LogP contribution in [0.1, 0.15) is 19.0 Å². The first-order valence-electron chi connectivity index (χ1n) is 5.55. The number of hydrogen-bond acceptors (Lipinski definition) is 7. The van der Waals surface area contributed by atoms with Crippen LogP contribution >= 0.6 is 11.3 Å². The molecule has 0 aliphatic carbocycles. The summed E-state index contributed by atoms with van der Waals surface area (Å²) in [6.07, 6.45) is -0.333. The van der Waals surface area contributed by atoms with Crippen molar-refractivity contribution in [3.63, 3.8) is 0 Å². The lowest BCUT2D eigenvalue weighted by molar-refractivity contribution is -0.138. The second-order valence-electron chi connectivity index (χ2n) is 4.41. The zero-order valence-electron chi connectivity index (χ0n) is 11.0. The number of nitrogens with zero attached hydrogens (tertiary/aromatic N) is 2. The average Bonchev–Trinajstić information content (AvgIpc) is 2.69. The SMILES string of the molecule is CON=C(C(=O)O)C(C)(CC(=O)O)Cc1csc(N)n1. The molecule has 0 amide bonds. The highest BCUT2D eigenvalue weighted by Crippen LogP contribution is 2.30. The van der Waals surface area contributed by atoms with E-state index in [0.717, 1.165) is 0 Å². The fraction of sp³-hybridized carbons (Fsp3) is 0.455. The summed E-state index contributed by atoms with van der Waals surface area (Å²) in [4.78, 5) is 30.8. The number of hydrogen-bond donors (Lipinski definition) is 3. The van der Waals surface area contributed by atoms with Gasteiger partial charge >= 0.3 is 11.9 Å². The zero-order valence-corrected chi connectivity index (χ0v) is 11.8. The Kier molecular flexibility index (Phi) is 5.03. The summed E-state index contributed by atoms with van der Waals surface area (Å²) in [5, 5.41) is 23.6. The van der Waals surface area contributed by atoms with E-state index >= 15 is 0 Å². The van der Waals surface area contributed by atoms with Crippen LogP contribution in [0.3, 0.4) is 0 Å². The summed E-state index contributed by atoms with van der Waals surface area (Å²) in [5.41, 5.74) is 4.41. The van der Waals surface area contributed by atoms with Gasteiger partial charge in [0.2, 0.25) is 0 Å². The number of carboxylic acids is 2. The van der Waals surface area contributed by atoms with Crippen LogP contribution in [-0.2, 0) is 20.8 Å². The van der Waals surface area contributed by atoms with E-state index in [1.165, 1.54) is 25.4 Å². The number of aromatic nitrogens is 1. The van der Waals surface area contributed by atoms with Crippen molar-refractivity contribution >= 4 is 34.1 Å². The van der Waals surface area contributed by atoms with Crippen molar-refractivity contribution in [3.05, 3.63) is 11.1 Å². The maximum absolute atomic E-state index is 11.3. The molecular weight excluding hydrogens is 286 g/mol. The Morgan fingerprint density at radius 1 is 1.55 bits per heavy atom. The van der Waals surface area contributed by atoms with Gasteiger partial charge in [-0.25, -0.2) is 9.78 Å². The Morgan fingerprint density at radius 3 is 2.60 bits per heavy atom. The number of nitrogens with two attached hydrogens (primary N) is 1. The van der Waals surface area contributed by atoms with Crippen LogP contribution in [-0.4, -0.2) is 40.0 Å². The number of thiazole rings is 1. The van der Waals surface area contributed by atoms with Gasteiger partial charge < -0.3 is 20.8 Å². The molecule has 110 valence electrons. The molecule has 0 saturated carbocycles. The Bertz CT molecular complexity index is 542. The number of aliphatic carboxylic acids is 2. The molecule has 1 aromatic rings. The van der Waals surface area contributed by atoms with Gasteiger partial charge in [0.05, 0.1) is 12.1 Å². The molecule has 1 aromatic heterocycles. The minimum Gasteiger partial charge on any atom is -0.481 e. The van der Waals surface area contributed by atoms with E-state index in [-0.39, 0.29) is 12.1 Å². The standard InChI is InChI=1S/C11H15N3O5S/c1-11(4-7(15)16,8(9(17)18)14-19-2)3-6-5-20-10(12)13-6/h5H,3-4H2,1-2H3,(H2,12,13)(H,15,16)(H,17,18). The smallest absolute Gasteiger partial charge is 0.354 e. The molecular formula is C11H15N3O5S. The van der Waals surface area contributed by atoms with Gasteiger partial charge in [-0.05, 0) is 0 Å². The van der Waals surface area contributed by atoms with Gasteiger partial charge in [0.1, 0.15) is 7.11 Å². The minimum absolute atomic E-state index is 0.0848. The number of carboxylic acid groups (broad SMARTS) is 2. The Hall–Kier alpha value is -2.16. The number of carbonyl (C=O) groups is 2. The first-order valence-corrected chi connectivity index (χ1v) is 6.43. The van der Waals surface area contributed by atoms with Crippen LogP contribution in [0.15, 0.2) is 10.5 Å². The second kappa shape index (κ2) is 6.33. The highest BCUT2D eigenvalue weighted by atomic mass is 32.1. The van der Waals surface area contributed by atoms with Crippen LogP contribution in [0.2, 0.25) is 0 Å². The Balaban J connectivity index is 3.16. The summed E-state index contributed by atoms with van der Waals surface area (Å²) >= 11 is 1.20. The predicted octanol–water partition coefficient (Wildman–Crippen LogP) is 0.836. The van der Waals surface area contributed by atoms with Gasteiger partial charge in [0, 0.05) is 17.2 Å². The Morgan fingerprint density at radius 2 is 2.20 bits per heavy atom. The molecule has 0 aliphatic rings. The van der Waals surface area contributed by atoms with Gasteiger partial charge in [-0.3, -0.25) is 4.79 Å². The van der Waals surface area contributed by atoms with Crippen molar-refractivity contribution in [1.29, 1.82) is 0 Å². The largest absolute Gasteiger partial charge is 0.481 e. The molecule has 0 saturated heterocycles. The normalized spacial score (nSPS) is 14.6. The summed E-state index contributed by atoms with van der Waals surface area (Å²) in [6, 6.07) is 0. The van der Waals surface area contributed by atoms with E-state index in [1.807, 2.05) is 0 Å². The molecule has 9 heteroatoms. The van der Waals surface area contributed by atoms with Crippen LogP contribution in [0.5, 0.6) is 0 Å². The molecule has 1 atom stereocenters. The molecule has 0 aromatic carbocycles. The molecule has 0 radical (unpaired) electrons. The van der Waals surface area contributed by atoms with Crippen molar-refractivity contribution in [2.24, 2.45) is 10.6 Å². The fourth-order valence-electron chi connectivity index (χ4n) is 1.87. The third-order valence-electron chi connectivity index (χ3n) is 2.64. The molecule has 1 unspecified atom stereocenters. The van der Waals surface area contributed by atoms with Crippen LogP contribution in [0.4, 0.5) is 5.13 Å². The molecule has 20 heavy (non-hydrogen) atoms. The first kappa shape index (κ1) is 15.9. The van der Waals surface area contributed by atoms with E-state index in [4.69, 9.17) is 10.8 Å². The quantitative estimate of drug-likeness (QED) is 0.501. The lowest BCUT2D eigenvalue weighted by atomic mass is 9.77. The molecule has 4 N–H and O–H groups in total. The summed E-state index contributed by atoms with van der Waals surface area (Å²) in [5.74, 6) is -2.47. The first-order chi connectivity index (χ1) is 9.28. The highest BCUT2D eigenvalue weighted by Gasteiger charge is 2.39. The molecule has 0 bridgehead atoms. The molecule has 1 rings (SSSR count). The zero-order chi connectivity index (χ0) is 15.3. The predicted molar refractivity (Wildman–Crippen MR) is 72.7 cm³/mol. The van der Waals surface area contributed by atoms with Crippen molar-refractivity contribution in [1.82, 2.24) is 4.98 Å². The fourth-order valence-corrected chi connectivity index (χ4v) is 2.43. The van der Waals surface area contributed by atoms with Gasteiger partial charge in [-0.2, -0.15) is 0 Å². The van der Waals surface area contributed by atoms with Crippen LogP contribution in [0.25, 0.3) is 0 Å². The van der Waals surface area contributed by atoms with Gasteiger partial charge in [-0.15, -0.1) is 11.3 Å². The van der Waals surface area contributed by atoms with Crippen molar-refractivity contribution in [2.75, 3.05) is 12.8 Å². The summed E-state index contributed by atoms with van der Waals surface area (Å²) in [7, 11) is 1.20. The molecule has 8 nitrogen and oxygen atoms in total. The Labute approximate surface area is 118 Å². The molecule has 0 aliphatic heterocycles. The maximum Gasteiger partial charge on any atom is 0.354 e. The maximum atomic E-state index is 11.3. The number of anilines is 1. The lowest BCUT2D eigenvalue weighted by Gasteiger charge is -2.25. The van der Waals surface area contributed by atoms with Gasteiger partial charge in [0.15, 0.2) is 10.8 Å². The topological polar surface area (TPSA) is 135 Å². The monoisotopic (exact) mass is 301 g/mol.